The van der Waals surface area contributed by atoms with Gasteiger partial charge >= 0.3 is 0 Å². The fourth-order valence-electron chi connectivity index (χ4n) is 2.26. The van der Waals surface area contributed by atoms with Crippen LogP contribution in [0.4, 0.5) is 5.69 Å². The van der Waals surface area contributed by atoms with E-state index >= 15 is 0 Å². The molecule has 0 aromatic heterocycles. The number of amides is 2. The van der Waals surface area contributed by atoms with Crippen molar-refractivity contribution >= 4 is 17.5 Å². The summed E-state index contributed by atoms with van der Waals surface area (Å²) < 4.78 is 0. The quantitative estimate of drug-likeness (QED) is 0.793. The van der Waals surface area contributed by atoms with E-state index in [-0.39, 0.29) is 5.91 Å². The molecule has 2 N–H and O–H groups in total. The first-order valence-electron chi connectivity index (χ1n) is 5.83. The second-order valence-electron chi connectivity index (χ2n) is 4.22. The minimum atomic E-state index is -0.653. The summed E-state index contributed by atoms with van der Waals surface area (Å²) in [6.45, 7) is 2.62. The van der Waals surface area contributed by atoms with Crippen LogP contribution in [-0.4, -0.2) is 18.4 Å². The molecule has 0 spiro atoms. The monoisotopic (exact) mass is 232 g/mol. The van der Waals surface area contributed by atoms with E-state index in [0.29, 0.717) is 13.0 Å². The molecule has 1 aromatic carbocycles. The smallest absolute Gasteiger partial charge is 0.239 e. The van der Waals surface area contributed by atoms with Crippen molar-refractivity contribution in [2.75, 3.05) is 11.4 Å². The highest BCUT2D eigenvalue weighted by Crippen LogP contribution is 2.28. The first kappa shape index (κ1) is 11.6. The fraction of sp³-hybridized carbons (Fsp3) is 0.385. The SMILES string of the molecule is CCc1ccccc1N1CCC(C(N)=O)C1=O. The Bertz CT molecular complexity index is 456. The van der Waals surface area contributed by atoms with Crippen LogP contribution in [-0.2, 0) is 16.0 Å². The summed E-state index contributed by atoms with van der Waals surface area (Å²) in [5, 5.41) is 0. The highest BCUT2D eigenvalue weighted by Gasteiger charge is 2.36. The van der Waals surface area contributed by atoms with E-state index in [0.717, 1.165) is 17.7 Å². The van der Waals surface area contributed by atoms with Crippen LogP contribution >= 0.6 is 0 Å². The Morgan fingerprint density at radius 1 is 1.47 bits per heavy atom. The third-order valence-electron chi connectivity index (χ3n) is 3.21. The molecule has 1 aliphatic heterocycles. The van der Waals surface area contributed by atoms with Crippen LogP contribution in [0.5, 0.6) is 0 Å². The molecular formula is C13H16N2O2. The number of aryl methyl sites for hydroxylation is 1. The third kappa shape index (κ3) is 2.02. The van der Waals surface area contributed by atoms with Crippen LogP contribution in [0, 0.1) is 5.92 Å². The maximum atomic E-state index is 12.0. The minimum absolute atomic E-state index is 0.168. The molecular weight excluding hydrogens is 216 g/mol. The molecule has 4 heteroatoms. The van der Waals surface area contributed by atoms with Gasteiger partial charge in [-0.2, -0.15) is 0 Å². The van der Waals surface area contributed by atoms with Gasteiger partial charge in [-0.25, -0.2) is 0 Å². The number of rotatable bonds is 3. The number of carbonyl (C=O) groups is 2. The predicted molar refractivity (Wildman–Crippen MR) is 65.5 cm³/mol. The Labute approximate surface area is 100 Å². The highest BCUT2D eigenvalue weighted by molar-refractivity contribution is 6.09. The summed E-state index contributed by atoms with van der Waals surface area (Å²) in [7, 11) is 0. The van der Waals surface area contributed by atoms with Gasteiger partial charge in [-0.05, 0) is 24.5 Å². The number of benzene rings is 1. The second-order valence-corrected chi connectivity index (χ2v) is 4.22. The van der Waals surface area contributed by atoms with E-state index in [1.807, 2.05) is 31.2 Å². The zero-order valence-corrected chi connectivity index (χ0v) is 9.85. The van der Waals surface area contributed by atoms with Crippen molar-refractivity contribution in [3.05, 3.63) is 29.8 Å². The second kappa shape index (κ2) is 4.57. The van der Waals surface area contributed by atoms with Crippen LogP contribution < -0.4 is 10.6 Å². The first-order chi connectivity index (χ1) is 8.15. The summed E-state index contributed by atoms with van der Waals surface area (Å²) in [6, 6.07) is 7.77. The van der Waals surface area contributed by atoms with E-state index in [1.165, 1.54) is 0 Å². The number of hydrogen-bond acceptors (Lipinski definition) is 2. The van der Waals surface area contributed by atoms with Crippen molar-refractivity contribution in [2.45, 2.75) is 19.8 Å². The number of nitrogens with zero attached hydrogens (tertiary/aromatic N) is 1. The number of anilines is 1. The van der Waals surface area contributed by atoms with Gasteiger partial charge in [-0.1, -0.05) is 25.1 Å². The van der Waals surface area contributed by atoms with Crippen molar-refractivity contribution in [3.8, 4) is 0 Å². The minimum Gasteiger partial charge on any atom is -0.369 e. The lowest BCUT2D eigenvalue weighted by Crippen LogP contribution is -2.33. The fourth-order valence-corrected chi connectivity index (χ4v) is 2.26. The molecule has 2 rings (SSSR count). The maximum Gasteiger partial charge on any atom is 0.239 e. The van der Waals surface area contributed by atoms with Crippen LogP contribution in [0.15, 0.2) is 24.3 Å². The van der Waals surface area contributed by atoms with Gasteiger partial charge in [0.25, 0.3) is 0 Å². The number of primary amides is 1. The Morgan fingerprint density at radius 3 is 2.76 bits per heavy atom. The molecule has 17 heavy (non-hydrogen) atoms. The number of hydrogen-bond donors (Lipinski definition) is 1. The van der Waals surface area contributed by atoms with Crippen molar-refractivity contribution in [3.63, 3.8) is 0 Å². The van der Waals surface area contributed by atoms with Gasteiger partial charge in [0.05, 0.1) is 0 Å². The number of para-hydroxylation sites is 1. The van der Waals surface area contributed by atoms with Crippen molar-refractivity contribution in [1.29, 1.82) is 0 Å². The van der Waals surface area contributed by atoms with E-state index in [2.05, 4.69) is 0 Å². The average Bonchev–Trinajstić information content (AvgIpc) is 2.71. The molecule has 0 bridgehead atoms. The summed E-state index contributed by atoms with van der Waals surface area (Å²) in [5.41, 5.74) is 7.24. The molecule has 4 nitrogen and oxygen atoms in total. The van der Waals surface area contributed by atoms with Gasteiger partial charge in [-0.3, -0.25) is 9.59 Å². The van der Waals surface area contributed by atoms with E-state index < -0.39 is 11.8 Å². The Kier molecular flexibility index (Phi) is 3.13. The van der Waals surface area contributed by atoms with Gasteiger partial charge in [-0.15, -0.1) is 0 Å². The van der Waals surface area contributed by atoms with Gasteiger partial charge in [0.1, 0.15) is 5.92 Å². The van der Waals surface area contributed by atoms with Crippen LogP contribution in [0.25, 0.3) is 0 Å². The lowest BCUT2D eigenvalue weighted by atomic mass is 10.1. The van der Waals surface area contributed by atoms with Gasteiger partial charge < -0.3 is 10.6 Å². The molecule has 90 valence electrons. The van der Waals surface area contributed by atoms with E-state index in [1.54, 1.807) is 4.90 Å². The predicted octanol–water partition coefficient (Wildman–Crippen LogP) is 1.09. The lowest BCUT2D eigenvalue weighted by Gasteiger charge is -2.19. The van der Waals surface area contributed by atoms with Crippen molar-refractivity contribution in [2.24, 2.45) is 11.7 Å². The summed E-state index contributed by atoms with van der Waals surface area (Å²) in [6.07, 6.45) is 1.38. The number of nitrogens with two attached hydrogens (primary N) is 1. The lowest BCUT2D eigenvalue weighted by molar-refractivity contribution is -0.130. The molecule has 0 aliphatic carbocycles. The molecule has 0 saturated carbocycles. The highest BCUT2D eigenvalue weighted by atomic mass is 16.2. The largest absolute Gasteiger partial charge is 0.369 e. The Hall–Kier alpha value is -1.84. The van der Waals surface area contributed by atoms with E-state index in [9.17, 15) is 9.59 Å². The van der Waals surface area contributed by atoms with Gasteiger partial charge in [0, 0.05) is 12.2 Å². The molecule has 1 heterocycles. The van der Waals surface area contributed by atoms with Crippen LogP contribution in [0.3, 0.4) is 0 Å². The molecule has 1 unspecified atom stereocenters. The third-order valence-corrected chi connectivity index (χ3v) is 3.21. The van der Waals surface area contributed by atoms with Crippen molar-refractivity contribution < 1.29 is 9.59 Å². The summed E-state index contributed by atoms with van der Waals surface area (Å²) in [4.78, 5) is 24.8. The summed E-state index contributed by atoms with van der Waals surface area (Å²) >= 11 is 0. The Balaban J connectivity index is 2.30. The normalized spacial score (nSPS) is 19.7. The summed E-state index contributed by atoms with van der Waals surface area (Å²) in [5.74, 6) is -1.34. The molecule has 1 aliphatic rings. The molecule has 0 radical (unpaired) electrons. The van der Waals surface area contributed by atoms with Crippen LogP contribution in [0.2, 0.25) is 0 Å². The van der Waals surface area contributed by atoms with E-state index in [4.69, 9.17) is 5.73 Å². The zero-order valence-electron chi connectivity index (χ0n) is 9.85. The van der Waals surface area contributed by atoms with Gasteiger partial charge in [0.2, 0.25) is 11.8 Å². The molecule has 1 atom stereocenters. The standard InChI is InChI=1S/C13H16N2O2/c1-2-9-5-3-4-6-11(9)15-8-7-10(12(14)16)13(15)17/h3-6,10H,2,7-8H2,1H3,(H2,14,16). The van der Waals surface area contributed by atoms with Crippen molar-refractivity contribution in [1.82, 2.24) is 0 Å². The van der Waals surface area contributed by atoms with Gasteiger partial charge in [0.15, 0.2) is 0 Å². The first-order valence-corrected chi connectivity index (χ1v) is 5.83. The maximum absolute atomic E-state index is 12.0. The average molecular weight is 232 g/mol. The molecule has 2 amide bonds. The molecule has 1 aromatic rings. The topological polar surface area (TPSA) is 63.4 Å². The number of carbonyl (C=O) groups excluding carboxylic acids is 2. The molecule has 1 saturated heterocycles. The zero-order chi connectivity index (χ0) is 12.4. The Morgan fingerprint density at radius 2 is 2.18 bits per heavy atom. The van der Waals surface area contributed by atoms with Crippen LogP contribution in [0.1, 0.15) is 18.9 Å². The molecule has 1 fully saturated rings.